The van der Waals surface area contributed by atoms with Crippen LogP contribution in [0.25, 0.3) is 0 Å². The van der Waals surface area contributed by atoms with Gasteiger partial charge < -0.3 is 5.11 Å². The Hall–Kier alpha value is -0.990. The minimum Gasteiger partial charge on any atom is -0.480 e. The Morgan fingerprint density at radius 1 is 1.56 bits per heavy atom. The summed E-state index contributed by atoms with van der Waals surface area (Å²) in [4.78, 5) is 10.6. The molecule has 0 aliphatic heterocycles. The van der Waals surface area contributed by atoms with Gasteiger partial charge in [0.15, 0.2) is 0 Å². The van der Waals surface area contributed by atoms with Crippen molar-refractivity contribution in [2.75, 3.05) is 0 Å². The van der Waals surface area contributed by atoms with Gasteiger partial charge in [0, 0.05) is 4.47 Å². The molecule has 5 nitrogen and oxygen atoms in total. The number of sulfonamides is 1. The third kappa shape index (κ3) is 4.35. The molecule has 0 aliphatic rings. The van der Waals surface area contributed by atoms with Crippen molar-refractivity contribution in [2.45, 2.75) is 18.7 Å². The van der Waals surface area contributed by atoms with Gasteiger partial charge in [-0.15, -0.1) is 0 Å². The SMILES string of the molecule is C[C@@H](NS(=O)(=O)Cc1cc(F)ccc1Br)C(=O)O. The zero-order valence-corrected chi connectivity index (χ0v) is 11.8. The van der Waals surface area contributed by atoms with E-state index >= 15 is 0 Å². The van der Waals surface area contributed by atoms with Crippen molar-refractivity contribution in [1.82, 2.24) is 4.72 Å². The lowest BCUT2D eigenvalue weighted by molar-refractivity contribution is -0.138. The number of carboxylic acid groups (broad SMARTS) is 1. The Kier molecular flexibility index (Phi) is 4.83. The summed E-state index contributed by atoms with van der Waals surface area (Å²) in [7, 11) is -3.85. The summed E-state index contributed by atoms with van der Waals surface area (Å²) >= 11 is 3.10. The minimum atomic E-state index is -3.85. The highest BCUT2D eigenvalue weighted by atomic mass is 79.9. The van der Waals surface area contributed by atoms with Gasteiger partial charge in [0.25, 0.3) is 0 Å². The Labute approximate surface area is 112 Å². The zero-order chi connectivity index (χ0) is 13.9. The molecule has 100 valence electrons. The standard InChI is InChI=1S/C10H11BrFNO4S/c1-6(10(14)15)13-18(16,17)5-7-4-8(12)2-3-9(7)11/h2-4,6,13H,5H2,1H3,(H,14,15)/t6-/m1/s1. The maximum Gasteiger partial charge on any atom is 0.321 e. The molecular weight excluding hydrogens is 329 g/mol. The fraction of sp³-hybridized carbons (Fsp3) is 0.300. The quantitative estimate of drug-likeness (QED) is 0.851. The molecular formula is C10H11BrFNO4S. The molecule has 0 spiro atoms. The second-order valence-corrected chi connectivity index (χ2v) is 6.28. The van der Waals surface area contributed by atoms with Crippen LogP contribution in [0, 0.1) is 5.82 Å². The normalized spacial score (nSPS) is 13.3. The van der Waals surface area contributed by atoms with Crippen LogP contribution in [-0.4, -0.2) is 25.5 Å². The van der Waals surface area contributed by atoms with Crippen LogP contribution >= 0.6 is 15.9 Å². The molecule has 1 aromatic carbocycles. The van der Waals surface area contributed by atoms with Crippen molar-refractivity contribution in [1.29, 1.82) is 0 Å². The summed E-state index contributed by atoms with van der Waals surface area (Å²) in [6.45, 7) is 1.21. The monoisotopic (exact) mass is 339 g/mol. The number of rotatable bonds is 5. The van der Waals surface area contributed by atoms with Gasteiger partial charge in [-0.3, -0.25) is 4.79 Å². The first-order valence-corrected chi connectivity index (χ1v) is 7.32. The largest absolute Gasteiger partial charge is 0.480 e. The summed E-state index contributed by atoms with van der Waals surface area (Å²) in [6, 6.07) is 2.42. The van der Waals surface area contributed by atoms with Gasteiger partial charge >= 0.3 is 5.97 Å². The number of benzene rings is 1. The van der Waals surface area contributed by atoms with Gasteiger partial charge in [0.05, 0.1) is 5.75 Å². The minimum absolute atomic E-state index is 0.222. The zero-order valence-electron chi connectivity index (χ0n) is 9.35. The lowest BCUT2D eigenvalue weighted by Crippen LogP contribution is -2.38. The first-order chi connectivity index (χ1) is 8.21. The van der Waals surface area contributed by atoms with Crippen LogP contribution in [0.15, 0.2) is 22.7 Å². The Balaban J connectivity index is 2.89. The average molecular weight is 340 g/mol. The fourth-order valence-corrected chi connectivity index (χ4v) is 3.16. The first-order valence-electron chi connectivity index (χ1n) is 4.88. The van der Waals surface area contributed by atoms with Gasteiger partial charge in [-0.25, -0.2) is 17.5 Å². The molecule has 0 aromatic heterocycles. The molecule has 0 saturated carbocycles. The third-order valence-electron chi connectivity index (χ3n) is 2.08. The summed E-state index contributed by atoms with van der Waals surface area (Å²) in [5.41, 5.74) is 0.222. The lowest BCUT2D eigenvalue weighted by atomic mass is 10.2. The second kappa shape index (κ2) is 5.77. The van der Waals surface area contributed by atoms with E-state index in [0.717, 1.165) is 6.07 Å². The topological polar surface area (TPSA) is 83.5 Å². The molecule has 8 heteroatoms. The molecule has 0 heterocycles. The summed E-state index contributed by atoms with van der Waals surface area (Å²) in [6.07, 6.45) is 0. The van der Waals surface area contributed by atoms with E-state index in [1.807, 2.05) is 4.72 Å². The molecule has 1 aromatic rings. The van der Waals surface area contributed by atoms with Crippen LogP contribution in [-0.2, 0) is 20.6 Å². The number of carbonyl (C=O) groups is 1. The summed E-state index contributed by atoms with van der Waals surface area (Å²) in [5.74, 6) is -2.34. The number of hydrogen-bond acceptors (Lipinski definition) is 3. The van der Waals surface area contributed by atoms with Crippen molar-refractivity contribution >= 4 is 31.9 Å². The predicted octanol–water partition coefficient (Wildman–Crippen LogP) is 1.48. The second-order valence-electron chi connectivity index (χ2n) is 3.67. The molecule has 2 N–H and O–H groups in total. The van der Waals surface area contributed by atoms with E-state index in [9.17, 15) is 17.6 Å². The van der Waals surface area contributed by atoms with Crippen LogP contribution < -0.4 is 4.72 Å². The summed E-state index contributed by atoms with van der Waals surface area (Å²) < 4.78 is 38.7. The number of hydrogen-bond donors (Lipinski definition) is 2. The van der Waals surface area contributed by atoms with Gasteiger partial charge in [0.1, 0.15) is 11.9 Å². The van der Waals surface area contributed by atoms with Crippen LogP contribution in [0.1, 0.15) is 12.5 Å². The van der Waals surface area contributed by atoms with Crippen LogP contribution in [0.2, 0.25) is 0 Å². The maximum atomic E-state index is 13.0. The van der Waals surface area contributed by atoms with E-state index in [-0.39, 0.29) is 5.56 Å². The Bertz CT molecular complexity index is 561. The highest BCUT2D eigenvalue weighted by molar-refractivity contribution is 9.10. The van der Waals surface area contributed by atoms with Gasteiger partial charge in [0.2, 0.25) is 10.0 Å². The fourth-order valence-electron chi connectivity index (χ4n) is 1.22. The van der Waals surface area contributed by atoms with Crippen LogP contribution in [0.4, 0.5) is 4.39 Å². The highest BCUT2D eigenvalue weighted by Crippen LogP contribution is 2.19. The molecule has 18 heavy (non-hydrogen) atoms. The van der Waals surface area contributed by atoms with Gasteiger partial charge in [-0.05, 0) is 30.7 Å². The molecule has 0 bridgehead atoms. The predicted molar refractivity (Wildman–Crippen MR) is 67.0 cm³/mol. The van der Waals surface area contributed by atoms with Crippen molar-refractivity contribution in [3.8, 4) is 0 Å². The number of nitrogens with one attached hydrogen (secondary N) is 1. The van der Waals surface area contributed by atoms with Crippen molar-refractivity contribution in [2.24, 2.45) is 0 Å². The molecule has 0 aliphatic carbocycles. The third-order valence-corrected chi connectivity index (χ3v) is 4.26. The molecule has 0 fully saturated rings. The van der Waals surface area contributed by atoms with E-state index in [4.69, 9.17) is 5.11 Å². The van der Waals surface area contributed by atoms with E-state index < -0.39 is 33.6 Å². The average Bonchev–Trinajstić information content (AvgIpc) is 2.22. The molecule has 0 radical (unpaired) electrons. The van der Waals surface area contributed by atoms with Crippen molar-refractivity contribution in [3.05, 3.63) is 34.1 Å². The lowest BCUT2D eigenvalue weighted by Gasteiger charge is -2.11. The molecule has 0 amide bonds. The van der Waals surface area contributed by atoms with Crippen molar-refractivity contribution in [3.63, 3.8) is 0 Å². The maximum absolute atomic E-state index is 13.0. The van der Waals surface area contributed by atoms with E-state index in [0.29, 0.717) is 4.47 Å². The first kappa shape index (κ1) is 15.1. The Morgan fingerprint density at radius 3 is 2.72 bits per heavy atom. The van der Waals surface area contributed by atoms with Crippen LogP contribution in [0.5, 0.6) is 0 Å². The van der Waals surface area contributed by atoms with Crippen molar-refractivity contribution < 1.29 is 22.7 Å². The summed E-state index contributed by atoms with van der Waals surface area (Å²) in [5, 5.41) is 8.61. The molecule has 1 atom stereocenters. The highest BCUT2D eigenvalue weighted by Gasteiger charge is 2.20. The van der Waals surface area contributed by atoms with E-state index in [2.05, 4.69) is 15.9 Å². The molecule has 0 unspecified atom stereocenters. The number of carboxylic acids is 1. The number of halogens is 2. The molecule has 0 saturated heterocycles. The van der Waals surface area contributed by atoms with E-state index in [1.165, 1.54) is 19.1 Å². The Morgan fingerprint density at radius 2 is 2.17 bits per heavy atom. The smallest absolute Gasteiger partial charge is 0.321 e. The van der Waals surface area contributed by atoms with Gasteiger partial charge in [-0.2, -0.15) is 0 Å². The van der Waals surface area contributed by atoms with Crippen LogP contribution in [0.3, 0.4) is 0 Å². The number of aliphatic carboxylic acids is 1. The molecule has 1 rings (SSSR count). The van der Waals surface area contributed by atoms with E-state index in [1.54, 1.807) is 0 Å². The van der Waals surface area contributed by atoms with Gasteiger partial charge in [-0.1, -0.05) is 15.9 Å².